The summed E-state index contributed by atoms with van der Waals surface area (Å²) in [4.78, 5) is 0. The van der Waals surface area contributed by atoms with Gasteiger partial charge >= 0.3 is 40.3 Å². The summed E-state index contributed by atoms with van der Waals surface area (Å²) in [7, 11) is 0. The number of rotatable bonds is 0. The van der Waals surface area contributed by atoms with Crippen molar-refractivity contribution >= 4 is 24.8 Å². The minimum atomic E-state index is -0.292. The zero-order valence-electron chi connectivity index (χ0n) is 13.2. The first-order valence-corrected chi connectivity index (χ1v) is 9.08. The van der Waals surface area contributed by atoms with Crippen LogP contribution >= 0.6 is 0 Å². The van der Waals surface area contributed by atoms with Crippen molar-refractivity contribution in [2.75, 3.05) is 0 Å². The first-order valence-electron chi connectivity index (χ1n) is 7.86. The van der Waals surface area contributed by atoms with Gasteiger partial charge in [0.15, 0.2) is 0 Å². The first-order chi connectivity index (χ1) is 11.6. The van der Waals surface area contributed by atoms with Crippen molar-refractivity contribution < 1.29 is 33.0 Å². The van der Waals surface area contributed by atoms with Gasteiger partial charge in [0.05, 0.1) is 0 Å². The van der Waals surface area contributed by atoms with Crippen molar-refractivity contribution in [1.82, 2.24) is 0 Å². The van der Waals surface area contributed by atoms with Gasteiger partial charge in [-0.25, -0.2) is 20.9 Å². The number of allylic oxidation sites excluding steroid dienone is 4. The minimum absolute atomic E-state index is 0.292. The van der Waals surface area contributed by atoms with Gasteiger partial charge in [-0.15, -0.1) is 46.2 Å². The molecule has 3 aromatic carbocycles. The average Bonchev–Trinajstić information content (AvgIpc) is 3.07. The number of fused-ring (bicyclic) bond motifs is 3. The zero-order chi connectivity index (χ0) is 16.9. The quantitative estimate of drug-likeness (QED) is 0.421. The molecule has 0 unspecified atom stereocenters. The summed E-state index contributed by atoms with van der Waals surface area (Å²) in [6.45, 7) is 0. The molecule has 2 aliphatic carbocycles. The summed E-state index contributed by atoms with van der Waals surface area (Å²) in [6.07, 6.45) is 12.9. The summed E-state index contributed by atoms with van der Waals surface area (Å²) in [5.41, 5.74) is 0. The van der Waals surface area contributed by atoms with E-state index in [9.17, 15) is 8.78 Å². The monoisotopic (exact) mass is 396 g/mol. The van der Waals surface area contributed by atoms with Crippen LogP contribution in [0.15, 0.2) is 60.7 Å². The molecule has 0 nitrogen and oxygen atoms in total. The van der Waals surface area contributed by atoms with Crippen LogP contribution in [0.2, 0.25) is 0 Å². The van der Waals surface area contributed by atoms with Crippen molar-refractivity contribution in [3.63, 3.8) is 0 Å². The molecule has 0 atom stereocenters. The predicted molar refractivity (Wildman–Crippen MR) is 92.8 cm³/mol. The van der Waals surface area contributed by atoms with Crippen molar-refractivity contribution in [1.29, 1.82) is 0 Å². The van der Waals surface area contributed by atoms with E-state index in [2.05, 4.69) is 12.2 Å². The van der Waals surface area contributed by atoms with Crippen molar-refractivity contribution in [2.45, 2.75) is 19.3 Å². The summed E-state index contributed by atoms with van der Waals surface area (Å²) >= 11 is 1.66. The molecule has 118 valence electrons. The Kier molecular flexibility index (Phi) is 5.73. The van der Waals surface area contributed by atoms with Gasteiger partial charge < -0.3 is 0 Å². The molecular weight excluding hydrogens is 381 g/mol. The molecule has 0 spiro atoms. The molecule has 0 saturated heterocycles. The maximum atomic E-state index is 13.0. The SMILES string of the molecule is Fc1ccc2[cH-]c3ccc(F)cc3c2c1.[C-]1=CC=CC1.[Zr+2]=[C]1CC1. The molecule has 1 fully saturated rings. The Morgan fingerprint density at radius 1 is 0.917 bits per heavy atom. The van der Waals surface area contributed by atoms with Gasteiger partial charge in [-0.2, -0.15) is 6.08 Å². The Morgan fingerprint density at radius 2 is 1.46 bits per heavy atom. The molecule has 2 aliphatic rings. The molecule has 24 heavy (non-hydrogen) atoms. The molecule has 0 amide bonds. The van der Waals surface area contributed by atoms with Crippen LogP contribution < -0.4 is 0 Å². The second-order valence-corrected chi connectivity index (χ2v) is 7.45. The Bertz CT molecular complexity index is 859. The second-order valence-electron chi connectivity index (χ2n) is 5.71. The zero-order valence-corrected chi connectivity index (χ0v) is 15.6. The topological polar surface area (TPSA) is 0 Å². The van der Waals surface area contributed by atoms with E-state index in [1.807, 2.05) is 18.2 Å². The number of benzene rings is 2. The van der Waals surface area contributed by atoms with Crippen LogP contribution in [0.3, 0.4) is 0 Å². The molecular formula is C21H16F2Zr. The molecule has 0 heterocycles. The fourth-order valence-electron chi connectivity index (χ4n) is 2.35. The Labute approximate surface area is 155 Å². The fraction of sp³-hybridized carbons (Fsp3) is 0.143. The van der Waals surface area contributed by atoms with Gasteiger partial charge in [0, 0.05) is 0 Å². The molecule has 3 aromatic rings. The van der Waals surface area contributed by atoms with Crippen LogP contribution in [-0.2, 0) is 24.2 Å². The fourth-order valence-corrected chi connectivity index (χ4v) is 2.65. The van der Waals surface area contributed by atoms with E-state index >= 15 is 0 Å². The van der Waals surface area contributed by atoms with Crippen LogP contribution in [-0.4, -0.2) is 3.21 Å². The standard InChI is InChI=1S/C13H7F2.C5H5.C3H4.Zr/c14-10-3-1-8-5-9-2-4-11(15)7-13(9)12(8)6-10;1-2-4-5-3-1;1-2-3-1;/h1-7H;1-3H,4H2;1-2H2;/q2*-1;;+2. The van der Waals surface area contributed by atoms with E-state index in [1.165, 1.54) is 37.1 Å². The molecule has 1 saturated carbocycles. The van der Waals surface area contributed by atoms with E-state index in [0.29, 0.717) is 0 Å². The average molecular weight is 398 g/mol. The maximum absolute atomic E-state index is 13.0. The van der Waals surface area contributed by atoms with E-state index in [0.717, 1.165) is 28.0 Å². The Balaban J connectivity index is 0.000000153. The molecule has 0 N–H and O–H groups in total. The van der Waals surface area contributed by atoms with Crippen LogP contribution in [0, 0.1) is 17.7 Å². The second kappa shape index (κ2) is 7.99. The van der Waals surface area contributed by atoms with Gasteiger partial charge in [0.2, 0.25) is 0 Å². The summed E-state index contributed by atoms with van der Waals surface area (Å²) in [5.74, 6) is -0.585. The Morgan fingerprint density at radius 3 is 1.79 bits per heavy atom. The van der Waals surface area contributed by atoms with Crippen LogP contribution in [0.5, 0.6) is 0 Å². The van der Waals surface area contributed by atoms with Crippen molar-refractivity contribution in [3.05, 3.63) is 78.4 Å². The summed E-state index contributed by atoms with van der Waals surface area (Å²) in [6, 6.07) is 11.1. The van der Waals surface area contributed by atoms with Crippen LogP contribution in [0.25, 0.3) is 21.5 Å². The predicted octanol–water partition coefficient (Wildman–Crippen LogP) is 5.80. The first kappa shape index (κ1) is 17.2. The molecule has 0 aliphatic heterocycles. The van der Waals surface area contributed by atoms with Crippen LogP contribution in [0.1, 0.15) is 19.3 Å². The molecule has 5 rings (SSSR count). The van der Waals surface area contributed by atoms with E-state index < -0.39 is 0 Å². The van der Waals surface area contributed by atoms with Gasteiger partial charge in [-0.05, 0) is 0 Å². The van der Waals surface area contributed by atoms with E-state index in [1.54, 1.807) is 39.6 Å². The summed E-state index contributed by atoms with van der Waals surface area (Å²) < 4.78 is 27.9. The molecule has 0 aromatic heterocycles. The molecule has 0 radical (unpaired) electrons. The van der Waals surface area contributed by atoms with Crippen LogP contribution in [0.4, 0.5) is 8.78 Å². The normalized spacial score (nSPS) is 14.4. The van der Waals surface area contributed by atoms with E-state index in [-0.39, 0.29) is 11.6 Å². The molecule has 3 heteroatoms. The number of halogens is 2. The van der Waals surface area contributed by atoms with Gasteiger partial charge in [0.1, 0.15) is 11.6 Å². The third-order valence-corrected chi connectivity index (χ3v) is 4.95. The van der Waals surface area contributed by atoms with E-state index in [4.69, 9.17) is 0 Å². The molecule has 0 bridgehead atoms. The van der Waals surface area contributed by atoms with Crippen molar-refractivity contribution in [3.8, 4) is 0 Å². The van der Waals surface area contributed by atoms with Gasteiger partial charge in [-0.1, -0.05) is 24.3 Å². The van der Waals surface area contributed by atoms with Crippen molar-refractivity contribution in [2.24, 2.45) is 0 Å². The third-order valence-electron chi connectivity index (χ3n) is 3.72. The third kappa shape index (κ3) is 4.71. The number of hydrogen-bond acceptors (Lipinski definition) is 0. The number of hydrogen-bond donors (Lipinski definition) is 0. The Hall–Kier alpha value is -1.60. The van der Waals surface area contributed by atoms with Gasteiger partial charge in [0.25, 0.3) is 0 Å². The summed E-state index contributed by atoms with van der Waals surface area (Å²) in [5, 5.41) is 3.42. The van der Waals surface area contributed by atoms with Gasteiger partial charge in [-0.3, -0.25) is 6.08 Å².